The third kappa shape index (κ3) is 3.03. The Morgan fingerprint density at radius 2 is 2.25 bits per heavy atom. The molecule has 0 aliphatic heterocycles. The Morgan fingerprint density at radius 3 is 2.92 bits per heavy atom. The molecule has 0 N–H and O–H groups in total. The Bertz CT molecular complexity index is 882. The quantitative estimate of drug-likeness (QED) is 0.667. The molecule has 0 saturated heterocycles. The van der Waals surface area contributed by atoms with E-state index in [0.717, 1.165) is 10.4 Å². The Morgan fingerprint density at radius 1 is 1.42 bits per heavy atom. The lowest BCUT2D eigenvalue weighted by Gasteiger charge is -2.09. The first-order valence-electron chi connectivity index (χ1n) is 7.54. The van der Waals surface area contributed by atoms with E-state index in [0.29, 0.717) is 23.5 Å². The van der Waals surface area contributed by atoms with Crippen LogP contribution in [-0.2, 0) is 4.74 Å². The van der Waals surface area contributed by atoms with Crippen LogP contribution in [0.15, 0.2) is 36.1 Å². The Balaban J connectivity index is 2.19. The molecule has 3 aromatic rings. The zero-order valence-corrected chi connectivity index (χ0v) is 14.6. The summed E-state index contributed by atoms with van der Waals surface area (Å²) in [6.45, 7) is 2.09. The zero-order chi connectivity index (χ0) is 17.1. The first-order valence-corrected chi connectivity index (χ1v) is 8.42. The lowest BCUT2D eigenvalue weighted by molar-refractivity contribution is 0.0525. The van der Waals surface area contributed by atoms with E-state index in [9.17, 15) is 4.79 Å². The number of rotatable bonds is 5. The number of carbonyl (C=O) groups is 1. The predicted octanol–water partition coefficient (Wildman–Crippen LogP) is 3.17. The largest absolute Gasteiger partial charge is 0.462 e. The van der Waals surface area contributed by atoms with Crippen molar-refractivity contribution < 1.29 is 9.53 Å². The molecule has 0 radical (unpaired) electrons. The second-order valence-corrected chi connectivity index (χ2v) is 6.28. The van der Waals surface area contributed by atoms with Gasteiger partial charge in [-0.3, -0.25) is 0 Å². The van der Waals surface area contributed by atoms with Crippen molar-refractivity contribution in [2.45, 2.75) is 6.92 Å². The standard InChI is InChI=1S/C17H18N4O2S/c1-4-23-17(22)12-10-18-16-13(15-6-5-9-24-15)11-19-21(16)14(12)7-8-20(2)3/h5-11H,4H2,1-3H3/b8-7+. The summed E-state index contributed by atoms with van der Waals surface area (Å²) in [5.41, 5.74) is 2.70. The molecular weight excluding hydrogens is 324 g/mol. The van der Waals surface area contributed by atoms with Crippen molar-refractivity contribution >= 4 is 29.0 Å². The maximum atomic E-state index is 12.2. The Hall–Kier alpha value is -2.67. The van der Waals surface area contributed by atoms with Crippen molar-refractivity contribution in [1.29, 1.82) is 0 Å². The second-order valence-electron chi connectivity index (χ2n) is 5.33. The van der Waals surface area contributed by atoms with E-state index < -0.39 is 5.97 Å². The van der Waals surface area contributed by atoms with Crippen LogP contribution in [0.3, 0.4) is 0 Å². The van der Waals surface area contributed by atoms with Crippen molar-refractivity contribution in [3.8, 4) is 10.4 Å². The molecular formula is C17H18N4O2S. The van der Waals surface area contributed by atoms with Crippen LogP contribution < -0.4 is 0 Å². The number of carbonyl (C=O) groups excluding carboxylic acids is 1. The molecule has 3 aromatic heterocycles. The molecule has 0 saturated carbocycles. The molecule has 0 aromatic carbocycles. The maximum Gasteiger partial charge on any atom is 0.341 e. The molecule has 0 spiro atoms. The van der Waals surface area contributed by atoms with Gasteiger partial charge >= 0.3 is 5.97 Å². The van der Waals surface area contributed by atoms with E-state index in [1.165, 1.54) is 0 Å². The number of hydrogen-bond donors (Lipinski definition) is 0. The Kier molecular flexibility index (Phi) is 4.61. The van der Waals surface area contributed by atoms with Gasteiger partial charge in [0.2, 0.25) is 0 Å². The van der Waals surface area contributed by atoms with E-state index >= 15 is 0 Å². The molecule has 3 heterocycles. The normalized spacial score (nSPS) is 11.3. The van der Waals surface area contributed by atoms with Crippen molar-refractivity contribution in [1.82, 2.24) is 19.5 Å². The molecule has 7 heteroatoms. The molecule has 0 amide bonds. The molecule has 124 valence electrons. The van der Waals surface area contributed by atoms with Crippen LogP contribution in [0.5, 0.6) is 0 Å². The number of nitrogens with zero attached hydrogens (tertiary/aromatic N) is 4. The first-order chi connectivity index (χ1) is 11.6. The first kappa shape index (κ1) is 16.2. The smallest absolute Gasteiger partial charge is 0.341 e. The van der Waals surface area contributed by atoms with Crippen molar-refractivity contribution in [3.63, 3.8) is 0 Å². The third-order valence-corrected chi connectivity index (χ3v) is 4.28. The summed E-state index contributed by atoms with van der Waals surface area (Å²) in [7, 11) is 3.83. The lowest BCUT2D eigenvalue weighted by Crippen LogP contribution is -2.12. The van der Waals surface area contributed by atoms with Gasteiger partial charge in [0.15, 0.2) is 5.65 Å². The fourth-order valence-electron chi connectivity index (χ4n) is 2.30. The molecule has 24 heavy (non-hydrogen) atoms. The van der Waals surface area contributed by atoms with Crippen LogP contribution >= 0.6 is 11.3 Å². The highest BCUT2D eigenvalue weighted by molar-refractivity contribution is 7.13. The number of ether oxygens (including phenoxy) is 1. The number of fused-ring (bicyclic) bond motifs is 1. The van der Waals surface area contributed by atoms with Crippen LogP contribution in [0.4, 0.5) is 0 Å². The number of thiophene rings is 1. The van der Waals surface area contributed by atoms with Gasteiger partial charge in [-0.1, -0.05) is 6.07 Å². The summed E-state index contributed by atoms with van der Waals surface area (Å²) >= 11 is 1.63. The summed E-state index contributed by atoms with van der Waals surface area (Å²) in [5, 5.41) is 6.45. The number of esters is 1. The van der Waals surface area contributed by atoms with Crippen molar-refractivity contribution in [3.05, 3.63) is 47.4 Å². The average Bonchev–Trinajstić information content (AvgIpc) is 3.21. The molecule has 3 rings (SSSR count). The minimum atomic E-state index is -0.404. The summed E-state index contributed by atoms with van der Waals surface area (Å²) in [6, 6.07) is 4.02. The van der Waals surface area contributed by atoms with Crippen LogP contribution in [0.2, 0.25) is 0 Å². The minimum absolute atomic E-state index is 0.313. The highest BCUT2D eigenvalue weighted by Crippen LogP contribution is 2.29. The molecule has 0 unspecified atom stereocenters. The van der Waals surface area contributed by atoms with E-state index in [1.54, 1.807) is 35.2 Å². The van der Waals surface area contributed by atoms with Gasteiger partial charge in [-0.25, -0.2) is 14.3 Å². The van der Waals surface area contributed by atoms with Gasteiger partial charge in [-0.05, 0) is 24.4 Å². The van der Waals surface area contributed by atoms with E-state index in [-0.39, 0.29) is 0 Å². The number of aromatic nitrogens is 3. The summed E-state index contributed by atoms with van der Waals surface area (Å²) in [6.07, 6.45) is 7.04. The molecule has 0 atom stereocenters. The zero-order valence-electron chi connectivity index (χ0n) is 13.8. The molecule has 0 bridgehead atoms. The van der Waals surface area contributed by atoms with Crippen LogP contribution in [0.25, 0.3) is 22.2 Å². The maximum absolute atomic E-state index is 12.2. The lowest BCUT2D eigenvalue weighted by atomic mass is 10.2. The summed E-state index contributed by atoms with van der Waals surface area (Å²) in [4.78, 5) is 19.7. The van der Waals surface area contributed by atoms with Gasteiger partial charge < -0.3 is 9.64 Å². The van der Waals surface area contributed by atoms with Crippen LogP contribution in [0.1, 0.15) is 23.0 Å². The topological polar surface area (TPSA) is 59.7 Å². The highest BCUT2D eigenvalue weighted by Gasteiger charge is 2.18. The van der Waals surface area contributed by atoms with E-state index in [2.05, 4.69) is 10.1 Å². The fourth-order valence-corrected chi connectivity index (χ4v) is 3.03. The highest BCUT2D eigenvalue weighted by atomic mass is 32.1. The van der Waals surface area contributed by atoms with Crippen molar-refractivity contribution in [2.24, 2.45) is 0 Å². The second kappa shape index (κ2) is 6.84. The van der Waals surface area contributed by atoms with Gasteiger partial charge in [0, 0.05) is 31.4 Å². The summed E-state index contributed by atoms with van der Waals surface area (Å²) < 4.78 is 6.82. The Labute approximate surface area is 144 Å². The van der Waals surface area contributed by atoms with Gasteiger partial charge in [-0.2, -0.15) is 5.10 Å². The summed E-state index contributed by atoms with van der Waals surface area (Å²) in [5.74, 6) is -0.404. The molecule has 0 fully saturated rings. The van der Waals surface area contributed by atoms with E-state index in [1.807, 2.05) is 48.8 Å². The minimum Gasteiger partial charge on any atom is -0.462 e. The van der Waals surface area contributed by atoms with Crippen molar-refractivity contribution in [2.75, 3.05) is 20.7 Å². The van der Waals surface area contributed by atoms with Gasteiger partial charge in [-0.15, -0.1) is 11.3 Å². The molecule has 0 aliphatic rings. The van der Waals surface area contributed by atoms with Gasteiger partial charge in [0.05, 0.1) is 24.1 Å². The average molecular weight is 342 g/mol. The third-order valence-electron chi connectivity index (χ3n) is 3.38. The van der Waals surface area contributed by atoms with Gasteiger partial charge in [0.25, 0.3) is 0 Å². The molecule has 6 nitrogen and oxygen atoms in total. The van der Waals surface area contributed by atoms with Crippen LogP contribution in [-0.4, -0.2) is 46.2 Å². The van der Waals surface area contributed by atoms with Gasteiger partial charge in [0.1, 0.15) is 5.56 Å². The van der Waals surface area contributed by atoms with Crippen LogP contribution in [0, 0.1) is 0 Å². The fraction of sp³-hybridized carbons (Fsp3) is 0.235. The number of hydrogen-bond acceptors (Lipinski definition) is 6. The van der Waals surface area contributed by atoms with E-state index in [4.69, 9.17) is 4.74 Å². The molecule has 0 aliphatic carbocycles. The monoisotopic (exact) mass is 342 g/mol. The SMILES string of the molecule is CCOC(=O)c1cnc2c(-c3cccs3)cnn2c1/C=C/N(C)C. The predicted molar refractivity (Wildman–Crippen MR) is 95.0 cm³/mol.